The molecule has 0 spiro atoms. The number of nitrogens with two attached hydrogens (primary N) is 1. The Hall–Kier alpha value is -4.80. The lowest BCUT2D eigenvalue weighted by atomic mass is 10.1. The number of amides is 2. The summed E-state index contributed by atoms with van der Waals surface area (Å²) in [5.74, 6) is -2.34. The zero-order valence-corrected chi connectivity index (χ0v) is 19.4. The van der Waals surface area contributed by atoms with Gasteiger partial charge in [-0.25, -0.2) is 18.7 Å². The summed E-state index contributed by atoms with van der Waals surface area (Å²) in [6.45, 7) is 3.51. The molecule has 0 fully saturated rings. The molecule has 0 aliphatic heterocycles. The molecule has 0 aliphatic carbocycles. The van der Waals surface area contributed by atoms with Crippen LogP contribution in [0.15, 0.2) is 54.6 Å². The average Bonchev–Trinajstić information content (AvgIpc) is 3.23. The molecule has 10 nitrogen and oxygen atoms in total. The smallest absolute Gasteiger partial charge is 0.335 e. The Morgan fingerprint density at radius 1 is 1.08 bits per heavy atom. The van der Waals surface area contributed by atoms with Gasteiger partial charge in [0.05, 0.1) is 11.6 Å². The predicted molar refractivity (Wildman–Crippen MR) is 129 cm³/mol. The van der Waals surface area contributed by atoms with Crippen molar-refractivity contribution in [2.24, 2.45) is 0 Å². The predicted octanol–water partition coefficient (Wildman–Crippen LogP) is 2.88. The summed E-state index contributed by atoms with van der Waals surface area (Å²) in [7, 11) is 0. The van der Waals surface area contributed by atoms with Crippen LogP contribution in [0.5, 0.6) is 0 Å². The number of nitrogens with one attached hydrogen (secondary N) is 2. The van der Waals surface area contributed by atoms with Crippen molar-refractivity contribution in [3.8, 4) is 0 Å². The number of nitrogen functional groups attached to an aromatic ring is 1. The standard InChI is InChI=1S/C25H23FN6O4/c1-13-9-15(3-8-18(13)26)12-28-23(33)19-10-20(32-22(30-19)11-21(27)31-32)24(34)29-14(2)16-4-6-17(7-5-16)25(35)36/h3-11,14H,12H2,1-2H3,(H2,27,31)(H,28,33)(H,29,34)(H,35,36)/t14-/m0/s1. The molecule has 0 bridgehead atoms. The molecule has 4 aromatic rings. The van der Waals surface area contributed by atoms with Crippen LogP contribution in [0, 0.1) is 12.7 Å². The number of aromatic nitrogens is 3. The molecular weight excluding hydrogens is 467 g/mol. The fraction of sp³-hybridized carbons (Fsp3) is 0.160. The van der Waals surface area contributed by atoms with E-state index in [1.165, 1.54) is 34.8 Å². The van der Waals surface area contributed by atoms with Gasteiger partial charge in [-0.1, -0.05) is 24.3 Å². The van der Waals surface area contributed by atoms with Crippen LogP contribution in [0.3, 0.4) is 0 Å². The lowest BCUT2D eigenvalue weighted by Crippen LogP contribution is -2.30. The lowest BCUT2D eigenvalue weighted by molar-refractivity contribution is 0.0696. The Labute approximate surface area is 205 Å². The topological polar surface area (TPSA) is 152 Å². The van der Waals surface area contributed by atoms with Crippen molar-refractivity contribution < 1.29 is 23.9 Å². The van der Waals surface area contributed by atoms with Crippen LogP contribution >= 0.6 is 0 Å². The third-order valence-corrected chi connectivity index (χ3v) is 5.59. The third-order valence-electron chi connectivity index (χ3n) is 5.59. The number of fused-ring (bicyclic) bond motifs is 1. The number of benzene rings is 2. The summed E-state index contributed by atoms with van der Waals surface area (Å²) in [5, 5.41) is 18.7. The lowest BCUT2D eigenvalue weighted by Gasteiger charge is -2.15. The van der Waals surface area contributed by atoms with Gasteiger partial charge in [0.25, 0.3) is 11.8 Å². The molecular formula is C25H23FN6O4. The van der Waals surface area contributed by atoms with E-state index in [0.717, 1.165) is 0 Å². The van der Waals surface area contributed by atoms with Crippen LogP contribution in [0.25, 0.3) is 5.65 Å². The Morgan fingerprint density at radius 2 is 1.81 bits per heavy atom. The van der Waals surface area contributed by atoms with E-state index < -0.39 is 23.8 Å². The quantitative estimate of drug-likeness (QED) is 0.311. The highest BCUT2D eigenvalue weighted by Gasteiger charge is 2.20. The maximum absolute atomic E-state index is 13.5. The van der Waals surface area contributed by atoms with Crippen molar-refractivity contribution in [3.05, 3.63) is 94.1 Å². The summed E-state index contributed by atoms with van der Waals surface area (Å²) in [4.78, 5) is 41.3. The van der Waals surface area contributed by atoms with Gasteiger partial charge >= 0.3 is 5.97 Å². The van der Waals surface area contributed by atoms with E-state index in [9.17, 15) is 18.8 Å². The molecule has 0 unspecified atom stereocenters. The molecule has 184 valence electrons. The number of hydrogen-bond acceptors (Lipinski definition) is 6. The van der Waals surface area contributed by atoms with Gasteiger partial charge in [0.2, 0.25) is 0 Å². The Morgan fingerprint density at radius 3 is 2.47 bits per heavy atom. The fourth-order valence-electron chi connectivity index (χ4n) is 3.63. The molecule has 0 saturated heterocycles. The molecule has 0 aliphatic rings. The molecule has 2 heterocycles. The highest BCUT2D eigenvalue weighted by atomic mass is 19.1. The second-order valence-electron chi connectivity index (χ2n) is 8.25. The number of halogens is 1. The number of hydrogen-bond donors (Lipinski definition) is 4. The van der Waals surface area contributed by atoms with Gasteiger partial charge in [0.1, 0.15) is 23.0 Å². The number of carboxylic acid groups (broad SMARTS) is 1. The summed E-state index contributed by atoms with van der Waals surface area (Å²) in [5.41, 5.74) is 8.00. The molecule has 2 aromatic heterocycles. The minimum absolute atomic E-state index is 0.0233. The first-order chi connectivity index (χ1) is 17.1. The molecule has 4 rings (SSSR count). The number of anilines is 1. The second kappa shape index (κ2) is 9.82. The summed E-state index contributed by atoms with van der Waals surface area (Å²) in [6.07, 6.45) is 0. The van der Waals surface area contributed by atoms with E-state index in [0.29, 0.717) is 16.7 Å². The number of rotatable bonds is 7. The van der Waals surface area contributed by atoms with Crippen LogP contribution < -0.4 is 16.4 Å². The van der Waals surface area contributed by atoms with Gasteiger partial charge < -0.3 is 21.5 Å². The van der Waals surface area contributed by atoms with Crippen molar-refractivity contribution in [1.82, 2.24) is 25.2 Å². The molecule has 1 atom stereocenters. The largest absolute Gasteiger partial charge is 0.478 e. The average molecular weight is 490 g/mol. The van der Waals surface area contributed by atoms with Gasteiger partial charge in [-0.3, -0.25) is 9.59 Å². The van der Waals surface area contributed by atoms with E-state index in [1.807, 2.05) is 0 Å². The van der Waals surface area contributed by atoms with Gasteiger partial charge in [-0.05, 0) is 48.7 Å². The first kappa shape index (κ1) is 24.3. The van der Waals surface area contributed by atoms with Gasteiger partial charge in [0.15, 0.2) is 5.65 Å². The Balaban J connectivity index is 1.56. The van der Waals surface area contributed by atoms with Crippen LogP contribution in [-0.2, 0) is 6.54 Å². The van der Waals surface area contributed by atoms with Crippen molar-refractivity contribution in [1.29, 1.82) is 0 Å². The SMILES string of the molecule is Cc1cc(CNC(=O)c2cc(C(=O)N[C@@H](C)c3ccc(C(=O)O)cc3)n3nc(N)cc3n2)ccc1F. The maximum atomic E-state index is 13.5. The molecule has 5 N–H and O–H groups in total. The molecule has 0 saturated carbocycles. The number of aryl methyl sites for hydroxylation is 1. The van der Waals surface area contributed by atoms with Crippen LogP contribution in [-0.4, -0.2) is 37.5 Å². The monoisotopic (exact) mass is 490 g/mol. The minimum Gasteiger partial charge on any atom is -0.478 e. The second-order valence-corrected chi connectivity index (χ2v) is 8.25. The molecule has 36 heavy (non-hydrogen) atoms. The first-order valence-corrected chi connectivity index (χ1v) is 11.0. The Bertz CT molecular complexity index is 1480. The van der Waals surface area contributed by atoms with E-state index in [-0.39, 0.29) is 40.8 Å². The highest BCUT2D eigenvalue weighted by molar-refractivity contribution is 5.98. The van der Waals surface area contributed by atoms with Crippen molar-refractivity contribution >= 4 is 29.2 Å². The van der Waals surface area contributed by atoms with E-state index in [4.69, 9.17) is 10.8 Å². The van der Waals surface area contributed by atoms with E-state index in [2.05, 4.69) is 20.7 Å². The van der Waals surface area contributed by atoms with Crippen LogP contribution in [0.4, 0.5) is 10.2 Å². The Kier molecular flexibility index (Phi) is 6.64. The maximum Gasteiger partial charge on any atom is 0.335 e. The number of carbonyl (C=O) groups is 3. The third kappa shape index (κ3) is 5.14. The normalized spacial score (nSPS) is 11.8. The summed E-state index contributed by atoms with van der Waals surface area (Å²) in [6, 6.07) is 12.9. The van der Waals surface area contributed by atoms with Crippen molar-refractivity contribution in [2.45, 2.75) is 26.4 Å². The van der Waals surface area contributed by atoms with Gasteiger partial charge in [0, 0.05) is 18.7 Å². The number of carbonyl (C=O) groups excluding carboxylic acids is 2. The van der Waals surface area contributed by atoms with Crippen molar-refractivity contribution in [3.63, 3.8) is 0 Å². The highest BCUT2D eigenvalue weighted by Crippen LogP contribution is 2.17. The minimum atomic E-state index is -1.05. The van der Waals surface area contributed by atoms with Crippen molar-refractivity contribution in [2.75, 3.05) is 5.73 Å². The van der Waals surface area contributed by atoms with E-state index >= 15 is 0 Å². The van der Waals surface area contributed by atoms with Gasteiger partial charge in [-0.2, -0.15) is 0 Å². The summed E-state index contributed by atoms with van der Waals surface area (Å²) >= 11 is 0. The number of aromatic carboxylic acids is 1. The summed E-state index contributed by atoms with van der Waals surface area (Å²) < 4.78 is 14.7. The van der Waals surface area contributed by atoms with Crippen LogP contribution in [0.2, 0.25) is 0 Å². The number of nitrogens with zero attached hydrogens (tertiary/aromatic N) is 3. The van der Waals surface area contributed by atoms with Crippen LogP contribution in [0.1, 0.15) is 61.0 Å². The zero-order chi connectivity index (χ0) is 26.0. The molecule has 0 radical (unpaired) electrons. The van der Waals surface area contributed by atoms with Gasteiger partial charge in [-0.15, -0.1) is 5.10 Å². The fourth-order valence-corrected chi connectivity index (χ4v) is 3.63. The molecule has 2 aromatic carbocycles. The molecule has 2 amide bonds. The zero-order valence-electron chi connectivity index (χ0n) is 19.4. The molecule has 11 heteroatoms. The first-order valence-electron chi connectivity index (χ1n) is 11.0. The number of carboxylic acids is 1. The van der Waals surface area contributed by atoms with E-state index in [1.54, 1.807) is 38.1 Å².